The minimum atomic E-state index is 0.128. The quantitative estimate of drug-likeness (QED) is 0.871. The molecule has 3 heterocycles. The number of H-pyrrole nitrogens is 1. The van der Waals surface area contributed by atoms with E-state index in [0.29, 0.717) is 12.0 Å². The summed E-state index contributed by atoms with van der Waals surface area (Å²) < 4.78 is 6.14. The minimum absolute atomic E-state index is 0.128. The number of hydrogen-bond donors (Lipinski definition) is 2. The maximum atomic E-state index is 6.14. The zero-order valence-corrected chi connectivity index (χ0v) is 12.9. The van der Waals surface area contributed by atoms with Crippen LogP contribution in [0.4, 0.5) is 0 Å². The zero-order chi connectivity index (χ0) is 13.8. The molecule has 3 unspecified atom stereocenters. The molecule has 0 radical (unpaired) electrons. The predicted octanol–water partition coefficient (Wildman–Crippen LogP) is 2.15. The molecule has 0 bridgehead atoms. The van der Waals surface area contributed by atoms with Crippen LogP contribution in [0.5, 0.6) is 0 Å². The minimum Gasteiger partial charge on any atom is -0.374 e. The Balaban J connectivity index is 1.72. The first-order valence-corrected chi connectivity index (χ1v) is 8.79. The average Bonchev–Trinajstić information content (AvgIpc) is 3.12. The van der Waals surface area contributed by atoms with Crippen molar-refractivity contribution in [2.45, 2.75) is 44.2 Å². The molecule has 0 aliphatic carbocycles. The molecular formula is C14H24N4OS. The molecule has 2 aliphatic heterocycles. The first-order chi connectivity index (χ1) is 9.83. The summed E-state index contributed by atoms with van der Waals surface area (Å²) in [4.78, 5) is 0. The lowest BCUT2D eigenvalue weighted by Gasteiger charge is -2.40. The number of thioether (sulfide) groups is 1. The molecule has 112 valence electrons. The molecule has 2 N–H and O–H groups in total. The Hall–Kier alpha value is -0.590. The van der Waals surface area contributed by atoms with Crippen molar-refractivity contribution in [2.75, 3.05) is 24.7 Å². The van der Waals surface area contributed by atoms with E-state index >= 15 is 0 Å². The normalized spacial score (nSPS) is 31.8. The van der Waals surface area contributed by atoms with Gasteiger partial charge in [-0.05, 0) is 43.9 Å². The summed E-state index contributed by atoms with van der Waals surface area (Å²) in [5.41, 5.74) is 1.18. The van der Waals surface area contributed by atoms with E-state index in [1.54, 1.807) is 0 Å². The topological polar surface area (TPSA) is 62.8 Å². The summed E-state index contributed by atoms with van der Waals surface area (Å²) in [6.07, 6.45) is 6.46. The van der Waals surface area contributed by atoms with Crippen LogP contribution >= 0.6 is 11.8 Å². The van der Waals surface area contributed by atoms with Crippen molar-refractivity contribution in [1.82, 2.24) is 20.7 Å². The number of hydrogen-bond acceptors (Lipinski definition) is 5. The molecule has 0 amide bonds. The highest BCUT2D eigenvalue weighted by atomic mass is 32.2. The van der Waals surface area contributed by atoms with Crippen LogP contribution in [0.2, 0.25) is 0 Å². The van der Waals surface area contributed by atoms with Gasteiger partial charge in [0, 0.05) is 12.4 Å². The summed E-state index contributed by atoms with van der Waals surface area (Å²) in [6.45, 7) is 4.11. The van der Waals surface area contributed by atoms with Gasteiger partial charge in [-0.3, -0.25) is 0 Å². The molecule has 1 aromatic heterocycles. The second-order valence-corrected chi connectivity index (χ2v) is 7.02. The van der Waals surface area contributed by atoms with Gasteiger partial charge in [-0.1, -0.05) is 6.92 Å². The van der Waals surface area contributed by atoms with Gasteiger partial charge in [-0.25, -0.2) is 0 Å². The fourth-order valence-corrected chi connectivity index (χ4v) is 4.76. The van der Waals surface area contributed by atoms with Crippen molar-refractivity contribution >= 4 is 11.8 Å². The molecule has 2 fully saturated rings. The highest BCUT2D eigenvalue weighted by molar-refractivity contribution is 7.99. The molecular weight excluding hydrogens is 272 g/mol. The number of aromatic amines is 1. The van der Waals surface area contributed by atoms with E-state index < -0.39 is 0 Å². The van der Waals surface area contributed by atoms with E-state index in [1.165, 1.54) is 12.2 Å². The Bertz CT molecular complexity index is 405. The van der Waals surface area contributed by atoms with Crippen molar-refractivity contribution in [1.29, 1.82) is 0 Å². The molecule has 5 nitrogen and oxygen atoms in total. The fourth-order valence-electron chi connectivity index (χ4n) is 3.39. The van der Waals surface area contributed by atoms with Gasteiger partial charge in [0.2, 0.25) is 0 Å². The van der Waals surface area contributed by atoms with Crippen LogP contribution in [-0.2, 0) is 4.74 Å². The third kappa shape index (κ3) is 3.02. The number of nitrogens with one attached hydrogen (secondary N) is 2. The van der Waals surface area contributed by atoms with Crippen LogP contribution in [0.15, 0.2) is 6.20 Å². The summed E-state index contributed by atoms with van der Waals surface area (Å²) in [7, 11) is 0. The number of aromatic nitrogens is 3. The molecule has 3 atom stereocenters. The monoisotopic (exact) mass is 296 g/mol. The van der Waals surface area contributed by atoms with Crippen LogP contribution in [0, 0.1) is 5.92 Å². The van der Waals surface area contributed by atoms with E-state index in [9.17, 15) is 0 Å². The van der Waals surface area contributed by atoms with Crippen LogP contribution < -0.4 is 5.32 Å². The van der Waals surface area contributed by atoms with Gasteiger partial charge >= 0.3 is 0 Å². The van der Waals surface area contributed by atoms with Crippen LogP contribution in [0.25, 0.3) is 0 Å². The third-order valence-electron chi connectivity index (χ3n) is 4.44. The molecule has 0 aromatic carbocycles. The number of rotatable bonds is 5. The van der Waals surface area contributed by atoms with Crippen molar-refractivity contribution in [3.63, 3.8) is 0 Å². The molecule has 1 aromatic rings. The van der Waals surface area contributed by atoms with Gasteiger partial charge in [0.15, 0.2) is 0 Å². The van der Waals surface area contributed by atoms with E-state index in [2.05, 4.69) is 27.7 Å². The maximum Gasteiger partial charge on any atom is 0.0996 e. The van der Waals surface area contributed by atoms with Crippen molar-refractivity contribution in [3.05, 3.63) is 11.9 Å². The smallest absolute Gasteiger partial charge is 0.0996 e. The first-order valence-electron chi connectivity index (χ1n) is 7.64. The molecule has 3 rings (SSSR count). The van der Waals surface area contributed by atoms with Gasteiger partial charge in [0.1, 0.15) is 0 Å². The largest absolute Gasteiger partial charge is 0.374 e. The Morgan fingerprint density at radius 1 is 1.65 bits per heavy atom. The highest BCUT2D eigenvalue weighted by Gasteiger charge is 2.43. The van der Waals surface area contributed by atoms with Gasteiger partial charge in [0.05, 0.1) is 23.5 Å². The van der Waals surface area contributed by atoms with E-state index in [0.717, 1.165) is 43.9 Å². The summed E-state index contributed by atoms with van der Waals surface area (Å²) >= 11 is 2.03. The molecule has 2 saturated heterocycles. The van der Waals surface area contributed by atoms with Crippen molar-refractivity contribution in [2.24, 2.45) is 5.92 Å². The lowest BCUT2D eigenvalue weighted by molar-refractivity contribution is -0.0856. The van der Waals surface area contributed by atoms with Gasteiger partial charge in [-0.15, -0.1) is 0 Å². The summed E-state index contributed by atoms with van der Waals surface area (Å²) in [5.74, 6) is 2.99. The van der Waals surface area contributed by atoms with Gasteiger partial charge < -0.3 is 10.1 Å². The SMILES string of the molecule is CCCNC(c1cn[nH]n1)C1CCOC2(CCSC2)C1. The van der Waals surface area contributed by atoms with Gasteiger partial charge in [-0.2, -0.15) is 27.2 Å². The zero-order valence-electron chi connectivity index (χ0n) is 12.1. The second-order valence-electron chi connectivity index (χ2n) is 5.91. The molecule has 2 aliphatic rings. The Morgan fingerprint density at radius 3 is 3.30 bits per heavy atom. The number of ether oxygens (including phenoxy) is 1. The second kappa shape index (κ2) is 6.45. The first kappa shape index (κ1) is 14.4. The molecule has 0 saturated carbocycles. The fraction of sp³-hybridized carbons (Fsp3) is 0.857. The van der Waals surface area contributed by atoms with Crippen molar-refractivity contribution < 1.29 is 4.74 Å². The maximum absolute atomic E-state index is 6.14. The summed E-state index contributed by atoms with van der Waals surface area (Å²) in [6, 6.07) is 0.306. The molecule has 1 spiro atoms. The van der Waals surface area contributed by atoms with E-state index in [4.69, 9.17) is 4.74 Å². The summed E-state index contributed by atoms with van der Waals surface area (Å²) in [5, 5.41) is 14.7. The standard InChI is InChI=1S/C14H24N4OS/c1-2-5-15-13(12-9-16-18-17-12)11-3-6-19-14(8-11)4-7-20-10-14/h9,11,13,15H,2-8,10H2,1H3,(H,16,17,18). The number of nitrogens with zero attached hydrogens (tertiary/aromatic N) is 2. The van der Waals surface area contributed by atoms with Crippen LogP contribution in [0.1, 0.15) is 44.3 Å². The Kier molecular flexibility index (Phi) is 4.63. The lowest BCUT2D eigenvalue weighted by Crippen LogP contribution is -2.44. The van der Waals surface area contributed by atoms with Gasteiger partial charge in [0.25, 0.3) is 0 Å². The average molecular weight is 296 g/mol. The predicted molar refractivity (Wildman–Crippen MR) is 80.8 cm³/mol. The van der Waals surface area contributed by atoms with Crippen molar-refractivity contribution in [3.8, 4) is 0 Å². The Morgan fingerprint density at radius 2 is 2.60 bits per heavy atom. The highest BCUT2D eigenvalue weighted by Crippen LogP contribution is 2.43. The molecule has 20 heavy (non-hydrogen) atoms. The third-order valence-corrected chi connectivity index (χ3v) is 5.66. The van der Waals surface area contributed by atoms with Crippen LogP contribution in [0.3, 0.4) is 0 Å². The van der Waals surface area contributed by atoms with E-state index in [-0.39, 0.29) is 5.60 Å². The van der Waals surface area contributed by atoms with E-state index in [1.807, 2.05) is 18.0 Å². The van der Waals surface area contributed by atoms with Crippen LogP contribution in [-0.4, -0.2) is 45.7 Å². The Labute approximate surface area is 124 Å². The lowest BCUT2D eigenvalue weighted by atomic mass is 9.80. The molecule has 6 heteroatoms.